The van der Waals surface area contributed by atoms with Crippen LogP contribution in [0.1, 0.15) is 38.8 Å². The van der Waals surface area contributed by atoms with Gasteiger partial charge in [0.15, 0.2) is 0 Å². The Kier molecular flexibility index (Phi) is 4.85. The van der Waals surface area contributed by atoms with Crippen molar-refractivity contribution in [2.24, 2.45) is 0 Å². The fourth-order valence-corrected chi connectivity index (χ4v) is 2.29. The van der Waals surface area contributed by atoms with Gasteiger partial charge in [0, 0.05) is 0 Å². The van der Waals surface area contributed by atoms with Crippen LogP contribution >= 0.6 is 0 Å². The SMILES string of the molecule is COc1cc(C=C(CO)B2OC(C)(C)C(C)(C)O2)ccc1C#N. The normalized spacial score (nSPS) is 19.5. The number of nitrogens with zero attached hydrogens (tertiary/aromatic N) is 1. The molecule has 1 saturated heterocycles. The Labute approximate surface area is 137 Å². The van der Waals surface area contributed by atoms with Crippen molar-refractivity contribution in [2.75, 3.05) is 13.7 Å². The van der Waals surface area contributed by atoms with E-state index in [0.717, 1.165) is 5.56 Å². The van der Waals surface area contributed by atoms with Gasteiger partial charge in [0.1, 0.15) is 11.8 Å². The van der Waals surface area contributed by atoms with E-state index >= 15 is 0 Å². The van der Waals surface area contributed by atoms with Crippen LogP contribution in [-0.2, 0) is 9.31 Å². The predicted octanol–water partition coefficient (Wildman–Crippen LogP) is 2.57. The number of hydrogen-bond donors (Lipinski definition) is 1. The molecular weight excluding hydrogens is 293 g/mol. The van der Waals surface area contributed by atoms with Crippen molar-refractivity contribution in [3.63, 3.8) is 0 Å². The van der Waals surface area contributed by atoms with Crippen LogP contribution in [0.4, 0.5) is 0 Å². The molecule has 0 aromatic heterocycles. The molecule has 0 aliphatic carbocycles. The molecule has 1 aromatic carbocycles. The van der Waals surface area contributed by atoms with Crippen LogP contribution < -0.4 is 4.74 Å². The highest BCUT2D eigenvalue weighted by atomic mass is 16.7. The van der Waals surface area contributed by atoms with Crippen LogP contribution in [0.2, 0.25) is 0 Å². The van der Waals surface area contributed by atoms with Crippen LogP contribution in [-0.4, -0.2) is 37.1 Å². The van der Waals surface area contributed by atoms with Crippen molar-refractivity contribution in [3.8, 4) is 11.8 Å². The van der Waals surface area contributed by atoms with Gasteiger partial charge in [-0.2, -0.15) is 5.26 Å². The van der Waals surface area contributed by atoms with Crippen LogP contribution in [0, 0.1) is 11.3 Å². The van der Waals surface area contributed by atoms with Crippen molar-refractivity contribution >= 4 is 13.2 Å². The zero-order chi connectivity index (χ0) is 17.3. The van der Waals surface area contributed by atoms with Crippen molar-refractivity contribution in [3.05, 3.63) is 34.8 Å². The topological polar surface area (TPSA) is 71.7 Å². The molecule has 6 heteroatoms. The number of hydrogen-bond acceptors (Lipinski definition) is 5. The van der Waals surface area contributed by atoms with Gasteiger partial charge in [-0.05, 0) is 50.9 Å². The minimum Gasteiger partial charge on any atom is -0.495 e. The first kappa shape index (κ1) is 17.5. The lowest BCUT2D eigenvalue weighted by molar-refractivity contribution is 0.00578. The van der Waals surface area contributed by atoms with Crippen LogP contribution in [0.3, 0.4) is 0 Å². The molecule has 0 radical (unpaired) electrons. The summed E-state index contributed by atoms with van der Waals surface area (Å²) in [5, 5.41) is 18.7. The first-order valence-corrected chi connectivity index (χ1v) is 7.49. The molecule has 1 fully saturated rings. The predicted molar refractivity (Wildman–Crippen MR) is 88.9 cm³/mol. The van der Waals surface area contributed by atoms with Gasteiger partial charge in [0.05, 0.1) is 30.5 Å². The van der Waals surface area contributed by atoms with E-state index in [0.29, 0.717) is 16.8 Å². The van der Waals surface area contributed by atoms with Gasteiger partial charge in [-0.15, -0.1) is 0 Å². The highest BCUT2D eigenvalue weighted by Crippen LogP contribution is 2.38. The Morgan fingerprint density at radius 2 is 1.91 bits per heavy atom. The molecule has 0 bridgehead atoms. The molecule has 1 aliphatic heterocycles. The molecule has 0 unspecified atom stereocenters. The van der Waals surface area contributed by atoms with E-state index in [1.54, 1.807) is 24.3 Å². The van der Waals surface area contributed by atoms with E-state index < -0.39 is 18.3 Å². The summed E-state index contributed by atoms with van der Waals surface area (Å²) < 4.78 is 17.1. The molecule has 0 amide bonds. The van der Waals surface area contributed by atoms with Crippen molar-refractivity contribution in [1.29, 1.82) is 5.26 Å². The van der Waals surface area contributed by atoms with Crippen LogP contribution in [0.5, 0.6) is 5.75 Å². The third-order valence-corrected chi connectivity index (χ3v) is 4.44. The molecule has 1 aromatic rings. The average Bonchev–Trinajstić information content (AvgIpc) is 2.72. The third-order valence-electron chi connectivity index (χ3n) is 4.44. The summed E-state index contributed by atoms with van der Waals surface area (Å²) in [5.41, 5.74) is 0.962. The monoisotopic (exact) mass is 315 g/mol. The highest BCUT2D eigenvalue weighted by Gasteiger charge is 2.52. The number of ether oxygens (including phenoxy) is 1. The van der Waals surface area contributed by atoms with E-state index in [-0.39, 0.29) is 6.61 Å². The molecule has 122 valence electrons. The van der Waals surface area contributed by atoms with Gasteiger partial charge in [-0.1, -0.05) is 12.1 Å². The van der Waals surface area contributed by atoms with Crippen molar-refractivity contribution in [2.45, 2.75) is 38.9 Å². The van der Waals surface area contributed by atoms with Gasteiger partial charge < -0.3 is 19.2 Å². The maximum atomic E-state index is 9.70. The maximum absolute atomic E-state index is 9.70. The van der Waals surface area contributed by atoms with Gasteiger partial charge in [-0.25, -0.2) is 0 Å². The molecule has 0 saturated carbocycles. The fraction of sp³-hybridized carbons (Fsp3) is 0.471. The largest absolute Gasteiger partial charge is 0.495 e. The quantitative estimate of drug-likeness (QED) is 0.865. The molecular formula is C17H22BNO4. The van der Waals surface area contributed by atoms with E-state index in [2.05, 4.69) is 6.07 Å². The van der Waals surface area contributed by atoms with Crippen molar-refractivity contribution < 1.29 is 19.2 Å². The van der Waals surface area contributed by atoms with Gasteiger partial charge in [0.2, 0.25) is 0 Å². The number of methoxy groups -OCH3 is 1. The smallest absolute Gasteiger partial charge is 0.492 e. The highest BCUT2D eigenvalue weighted by molar-refractivity contribution is 6.55. The van der Waals surface area contributed by atoms with E-state index in [1.807, 2.05) is 27.7 Å². The number of benzene rings is 1. The van der Waals surface area contributed by atoms with E-state index in [4.69, 9.17) is 19.3 Å². The molecule has 2 rings (SSSR count). The second-order valence-corrected chi connectivity index (χ2v) is 6.54. The summed E-state index contributed by atoms with van der Waals surface area (Å²) in [6.45, 7) is 7.68. The number of nitriles is 1. The summed E-state index contributed by atoms with van der Waals surface area (Å²) in [6, 6.07) is 7.30. The Morgan fingerprint density at radius 3 is 2.39 bits per heavy atom. The fourth-order valence-electron chi connectivity index (χ4n) is 2.29. The van der Waals surface area contributed by atoms with Crippen molar-refractivity contribution in [1.82, 2.24) is 0 Å². The standard InChI is InChI=1S/C17H22BNO4/c1-16(2)17(3,4)23-18(22-16)14(11-20)8-12-6-7-13(10-19)15(9-12)21-5/h6-9,20H,11H2,1-5H3. The number of aliphatic hydroxyl groups excluding tert-OH is 1. The first-order valence-electron chi connectivity index (χ1n) is 7.49. The minimum atomic E-state index is -0.605. The minimum absolute atomic E-state index is 0.181. The molecule has 1 aliphatic rings. The second-order valence-electron chi connectivity index (χ2n) is 6.54. The van der Waals surface area contributed by atoms with E-state index in [9.17, 15) is 5.11 Å². The summed E-state index contributed by atoms with van der Waals surface area (Å²) in [6.07, 6.45) is 1.80. The Morgan fingerprint density at radius 1 is 1.30 bits per heavy atom. The van der Waals surface area contributed by atoms with Crippen LogP contribution in [0.15, 0.2) is 23.7 Å². The molecule has 23 heavy (non-hydrogen) atoms. The lowest BCUT2D eigenvalue weighted by atomic mass is 9.77. The van der Waals surface area contributed by atoms with Gasteiger partial charge >= 0.3 is 7.12 Å². The molecule has 0 spiro atoms. The lowest BCUT2D eigenvalue weighted by Gasteiger charge is -2.32. The zero-order valence-corrected chi connectivity index (χ0v) is 14.2. The summed E-state index contributed by atoms with van der Waals surface area (Å²) in [5.74, 6) is 0.493. The molecule has 5 nitrogen and oxygen atoms in total. The summed E-state index contributed by atoms with van der Waals surface area (Å²) in [7, 11) is 0.914. The third kappa shape index (κ3) is 3.42. The molecule has 1 N–H and O–H groups in total. The Balaban J connectivity index is 2.32. The number of rotatable bonds is 4. The maximum Gasteiger partial charge on any atom is 0.492 e. The summed E-state index contributed by atoms with van der Waals surface area (Å²) >= 11 is 0. The molecule has 0 atom stereocenters. The first-order chi connectivity index (χ1) is 10.7. The summed E-state index contributed by atoms with van der Waals surface area (Å²) in [4.78, 5) is 0. The second kappa shape index (κ2) is 6.36. The zero-order valence-electron chi connectivity index (χ0n) is 14.2. The molecule has 1 heterocycles. The average molecular weight is 315 g/mol. The van der Waals surface area contributed by atoms with Gasteiger partial charge in [0.25, 0.3) is 0 Å². The Bertz CT molecular complexity index is 645. The van der Waals surface area contributed by atoms with Gasteiger partial charge in [-0.3, -0.25) is 0 Å². The lowest BCUT2D eigenvalue weighted by Crippen LogP contribution is -2.41. The Hall–Kier alpha value is -1.81. The van der Waals surface area contributed by atoms with E-state index in [1.165, 1.54) is 7.11 Å². The number of aliphatic hydroxyl groups is 1. The van der Waals surface area contributed by atoms with Crippen LogP contribution in [0.25, 0.3) is 6.08 Å².